The highest BCUT2D eigenvalue weighted by Crippen LogP contribution is 2.27. The molecule has 0 spiro atoms. The van der Waals surface area contributed by atoms with Gasteiger partial charge in [-0.2, -0.15) is 0 Å². The molecule has 0 radical (unpaired) electrons. The van der Waals surface area contributed by atoms with Crippen molar-refractivity contribution in [3.05, 3.63) is 64.4 Å². The first-order valence-electron chi connectivity index (χ1n) is 8.76. The lowest BCUT2D eigenvalue weighted by Gasteiger charge is -2.07. The fraction of sp³-hybridized carbons (Fsp3) is 0.250. The van der Waals surface area contributed by atoms with E-state index >= 15 is 0 Å². The van der Waals surface area contributed by atoms with Gasteiger partial charge in [-0.05, 0) is 62.2 Å². The molecule has 2 aromatic carbocycles. The number of fused-ring (bicyclic) bond motifs is 1. The normalized spacial score (nSPS) is 11.7. The summed E-state index contributed by atoms with van der Waals surface area (Å²) in [6.07, 6.45) is 0.488. The number of ether oxygens (including phenoxy) is 1. The molecular weight excluding hydrogens is 402 g/mol. The lowest BCUT2D eigenvalue weighted by Crippen LogP contribution is -2.25. The van der Waals surface area contributed by atoms with E-state index in [0.29, 0.717) is 22.6 Å². The van der Waals surface area contributed by atoms with Gasteiger partial charge >= 0.3 is 5.97 Å². The molecule has 3 aromatic rings. The molecule has 0 aliphatic heterocycles. The van der Waals surface area contributed by atoms with Crippen LogP contribution in [0.1, 0.15) is 28.6 Å². The molecule has 0 saturated carbocycles. The Balaban J connectivity index is 1.71. The number of rotatable bonds is 7. The first kappa shape index (κ1) is 20.4. The summed E-state index contributed by atoms with van der Waals surface area (Å²) >= 11 is 5.79. The molecule has 0 saturated heterocycles. The summed E-state index contributed by atoms with van der Waals surface area (Å²) in [5, 5.41) is 1.28. The van der Waals surface area contributed by atoms with Crippen molar-refractivity contribution in [1.29, 1.82) is 0 Å². The first-order chi connectivity index (χ1) is 13.3. The smallest absolute Gasteiger partial charge is 0.374 e. The van der Waals surface area contributed by atoms with Crippen LogP contribution < -0.4 is 4.72 Å². The Bertz CT molecular complexity index is 1100. The van der Waals surface area contributed by atoms with Crippen LogP contribution in [0.4, 0.5) is 0 Å². The predicted molar refractivity (Wildman–Crippen MR) is 107 cm³/mol. The first-order valence-corrected chi connectivity index (χ1v) is 10.6. The third-order valence-corrected chi connectivity index (χ3v) is 6.02. The molecule has 0 amide bonds. The monoisotopic (exact) mass is 421 g/mol. The molecule has 3 rings (SSSR count). The number of hydrogen-bond donors (Lipinski definition) is 1. The van der Waals surface area contributed by atoms with Gasteiger partial charge in [0.2, 0.25) is 15.8 Å². The van der Waals surface area contributed by atoms with Crippen molar-refractivity contribution in [3.63, 3.8) is 0 Å². The van der Waals surface area contributed by atoms with E-state index in [4.69, 9.17) is 20.8 Å². The highest BCUT2D eigenvalue weighted by Gasteiger charge is 2.19. The highest BCUT2D eigenvalue weighted by molar-refractivity contribution is 7.89. The molecule has 0 atom stereocenters. The van der Waals surface area contributed by atoms with E-state index < -0.39 is 16.0 Å². The quantitative estimate of drug-likeness (QED) is 0.580. The van der Waals surface area contributed by atoms with Crippen molar-refractivity contribution in [2.75, 3.05) is 13.2 Å². The van der Waals surface area contributed by atoms with Gasteiger partial charge in [0, 0.05) is 22.5 Å². The molecule has 1 aromatic heterocycles. The molecule has 0 aliphatic rings. The minimum atomic E-state index is -3.60. The summed E-state index contributed by atoms with van der Waals surface area (Å²) in [6.45, 7) is 4.04. The van der Waals surface area contributed by atoms with Crippen LogP contribution in [-0.2, 0) is 21.2 Å². The maximum atomic E-state index is 12.3. The van der Waals surface area contributed by atoms with Gasteiger partial charge in [-0.1, -0.05) is 17.7 Å². The highest BCUT2D eigenvalue weighted by atomic mass is 35.5. The van der Waals surface area contributed by atoms with Crippen LogP contribution in [0.3, 0.4) is 0 Å². The number of aryl methyl sites for hydroxylation is 1. The zero-order chi connectivity index (χ0) is 20.3. The molecule has 0 aliphatic carbocycles. The van der Waals surface area contributed by atoms with E-state index in [1.165, 1.54) is 24.3 Å². The third kappa shape index (κ3) is 4.38. The van der Waals surface area contributed by atoms with Crippen molar-refractivity contribution in [1.82, 2.24) is 4.72 Å². The van der Waals surface area contributed by atoms with E-state index in [9.17, 15) is 13.2 Å². The number of esters is 1. The van der Waals surface area contributed by atoms with Crippen LogP contribution >= 0.6 is 11.6 Å². The van der Waals surface area contributed by atoms with Crippen molar-refractivity contribution in [3.8, 4) is 0 Å². The van der Waals surface area contributed by atoms with Crippen molar-refractivity contribution in [2.45, 2.75) is 25.2 Å². The van der Waals surface area contributed by atoms with Gasteiger partial charge in [-0.3, -0.25) is 0 Å². The molecule has 0 unspecified atom stereocenters. The fourth-order valence-corrected chi connectivity index (χ4v) is 4.00. The Kier molecular flexibility index (Phi) is 6.07. The zero-order valence-corrected chi connectivity index (χ0v) is 17.1. The zero-order valence-electron chi connectivity index (χ0n) is 15.5. The second-order valence-corrected chi connectivity index (χ2v) is 8.41. The molecule has 8 heteroatoms. The topological polar surface area (TPSA) is 85.6 Å². The molecular formula is C20H20ClNO5S. The molecule has 0 fully saturated rings. The van der Waals surface area contributed by atoms with E-state index in [-0.39, 0.29) is 23.8 Å². The number of hydrogen-bond acceptors (Lipinski definition) is 5. The van der Waals surface area contributed by atoms with Crippen LogP contribution in [0.15, 0.2) is 51.8 Å². The number of nitrogens with one attached hydrogen (secondary N) is 1. The summed E-state index contributed by atoms with van der Waals surface area (Å²) in [5.41, 5.74) is 2.22. The van der Waals surface area contributed by atoms with Crippen LogP contribution in [-0.4, -0.2) is 27.5 Å². The van der Waals surface area contributed by atoms with Crippen LogP contribution in [0, 0.1) is 6.92 Å². The summed E-state index contributed by atoms with van der Waals surface area (Å²) in [4.78, 5) is 12.1. The maximum absolute atomic E-state index is 12.3. The number of halogens is 1. The largest absolute Gasteiger partial charge is 0.460 e. The molecule has 0 bridgehead atoms. The van der Waals surface area contributed by atoms with E-state index in [1.807, 2.05) is 12.1 Å². The summed E-state index contributed by atoms with van der Waals surface area (Å²) in [5.74, 6) is -0.300. The van der Waals surface area contributed by atoms with E-state index in [2.05, 4.69) is 4.72 Å². The molecule has 1 N–H and O–H groups in total. The second-order valence-electron chi connectivity index (χ2n) is 6.21. The van der Waals surface area contributed by atoms with Crippen LogP contribution in [0.2, 0.25) is 5.02 Å². The number of sulfonamides is 1. The second kappa shape index (κ2) is 8.34. The van der Waals surface area contributed by atoms with Gasteiger partial charge in [0.1, 0.15) is 5.58 Å². The van der Waals surface area contributed by atoms with Gasteiger partial charge in [-0.15, -0.1) is 0 Å². The SMILES string of the molecule is CCOC(=O)c1oc2ccc(CCNS(=O)(=O)c3ccc(Cl)cc3)cc2c1C. The van der Waals surface area contributed by atoms with Crippen LogP contribution in [0.25, 0.3) is 11.0 Å². The average molecular weight is 422 g/mol. The molecule has 28 heavy (non-hydrogen) atoms. The van der Waals surface area contributed by atoms with Crippen LogP contribution in [0.5, 0.6) is 0 Å². The third-order valence-electron chi connectivity index (χ3n) is 4.29. The molecule has 148 valence electrons. The van der Waals surface area contributed by atoms with Crippen molar-refractivity contribution < 1.29 is 22.4 Å². The van der Waals surface area contributed by atoms with Gasteiger partial charge in [0.15, 0.2) is 0 Å². The van der Waals surface area contributed by atoms with Gasteiger partial charge in [0.05, 0.1) is 11.5 Å². The lowest BCUT2D eigenvalue weighted by molar-refractivity contribution is 0.0491. The van der Waals surface area contributed by atoms with Gasteiger partial charge < -0.3 is 9.15 Å². The standard InChI is InChI=1S/C20H20ClNO5S/c1-3-26-20(23)19-13(2)17-12-14(4-9-18(17)27-19)10-11-22-28(24,25)16-7-5-15(21)6-8-16/h4-9,12,22H,3,10-11H2,1-2H3. The molecule has 6 nitrogen and oxygen atoms in total. The lowest BCUT2D eigenvalue weighted by atomic mass is 10.1. The van der Waals surface area contributed by atoms with Crippen molar-refractivity contribution in [2.24, 2.45) is 0 Å². The summed E-state index contributed by atoms with van der Waals surface area (Å²) in [7, 11) is -3.60. The summed E-state index contributed by atoms with van der Waals surface area (Å²) in [6, 6.07) is 11.5. The van der Waals surface area contributed by atoms with E-state index in [1.54, 1.807) is 19.9 Å². The minimum Gasteiger partial charge on any atom is -0.460 e. The molecule has 1 heterocycles. The fourth-order valence-electron chi connectivity index (χ4n) is 2.84. The summed E-state index contributed by atoms with van der Waals surface area (Å²) < 4.78 is 37.8. The van der Waals surface area contributed by atoms with E-state index in [0.717, 1.165) is 10.9 Å². The van der Waals surface area contributed by atoms with Gasteiger partial charge in [0.25, 0.3) is 0 Å². The number of carbonyl (C=O) groups is 1. The predicted octanol–water partition coefficient (Wildman–Crippen LogP) is 4.09. The Morgan fingerprint density at radius 3 is 2.57 bits per heavy atom. The average Bonchev–Trinajstić information content (AvgIpc) is 2.99. The maximum Gasteiger partial charge on any atom is 0.374 e. The Morgan fingerprint density at radius 2 is 1.89 bits per heavy atom. The number of benzene rings is 2. The minimum absolute atomic E-state index is 0.164. The number of carbonyl (C=O) groups excluding carboxylic acids is 1. The Hall–Kier alpha value is -2.35. The Labute approximate surface area is 168 Å². The van der Waals surface area contributed by atoms with Gasteiger partial charge in [-0.25, -0.2) is 17.9 Å². The Morgan fingerprint density at radius 1 is 1.18 bits per heavy atom. The van der Waals surface area contributed by atoms with Crippen molar-refractivity contribution >= 4 is 38.6 Å². The number of furan rings is 1.